The standard InChI is InChI=1S/C25H28N2O4S2/c1-4-27(33(29,30)24-15-13-23(32-3)14-16-24)21-9-7-20(8-10-21)25(28)26-18-17-19-5-11-22(31-2)12-6-19/h5-16H,4,17-18H2,1-3H3,(H,26,28). The van der Waals surface area contributed by atoms with Crippen molar-refractivity contribution in [3.05, 3.63) is 83.9 Å². The van der Waals surface area contributed by atoms with Gasteiger partial charge < -0.3 is 10.1 Å². The molecule has 8 heteroatoms. The van der Waals surface area contributed by atoms with Gasteiger partial charge in [-0.15, -0.1) is 11.8 Å². The maximum atomic E-state index is 13.1. The number of nitrogens with one attached hydrogen (secondary N) is 1. The van der Waals surface area contributed by atoms with Gasteiger partial charge in [-0.25, -0.2) is 8.42 Å². The average molecular weight is 485 g/mol. The first-order valence-electron chi connectivity index (χ1n) is 10.6. The Morgan fingerprint density at radius 3 is 2.15 bits per heavy atom. The summed E-state index contributed by atoms with van der Waals surface area (Å²) in [5.74, 6) is 0.594. The molecule has 0 heterocycles. The summed E-state index contributed by atoms with van der Waals surface area (Å²) >= 11 is 1.56. The predicted octanol–water partition coefficient (Wildman–Crippen LogP) is 4.60. The van der Waals surface area contributed by atoms with Crippen molar-refractivity contribution in [2.75, 3.05) is 30.8 Å². The molecule has 0 aliphatic rings. The van der Waals surface area contributed by atoms with Crippen molar-refractivity contribution in [3.8, 4) is 5.75 Å². The highest BCUT2D eigenvalue weighted by molar-refractivity contribution is 7.98. The number of ether oxygens (including phenoxy) is 1. The van der Waals surface area contributed by atoms with E-state index in [-0.39, 0.29) is 17.3 Å². The molecule has 0 fully saturated rings. The van der Waals surface area contributed by atoms with E-state index in [9.17, 15) is 13.2 Å². The van der Waals surface area contributed by atoms with Gasteiger partial charge in [-0.1, -0.05) is 12.1 Å². The molecular weight excluding hydrogens is 456 g/mol. The van der Waals surface area contributed by atoms with E-state index in [1.54, 1.807) is 74.3 Å². The van der Waals surface area contributed by atoms with Crippen molar-refractivity contribution >= 4 is 33.4 Å². The van der Waals surface area contributed by atoms with Crippen molar-refractivity contribution in [3.63, 3.8) is 0 Å². The second kappa shape index (κ2) is 11.2. The molecule has 0 atom stereocenters. The summed E-state index contributed by atoms with van der Waals surface area (Å²) in [4.78, 5) is 13.7. The van der Waals surface area contributed by atoms with Crippen LogP contribution in [0.5, 0.6) is 5.75 Å². The zero-order valence-corrected chi connectivity index (χ0v) is 20.6. The number of hydrogen-bond donors (Lipinski definition) is 1. The Labute approximate surface area is 200 Å². The van der Waals surface area contributed by atoms with Crippen LogP contribution in [0.2, 0.25) is 0 Å². The van der Waals surface area contributed by atoms with Crippen molar-refractivity contribution < 1.29 is 17.9 Å². The Bertz CT molecular complexity index is 1160. The number of rotatable bonds is 10. The molecule has 6 nitrogen and oxygen atoms in total. The minimum absolute atomic E-state index is 0.200. The fraction of sp³-hybridized carbons (Fsp3) is 0.240. The van der Waals surface area contributed by atoms with Crippen LogP contribution in [-0.2, 0) is 16.4 Å². The topological polar surface area (TPSA) is 75.7 Å². The highest BCUT2D eigenvalue weighted by atomic mass is 32.2. The highest BCUT2D eigenvalue weighted by Crippen LogP contribution is 2.25. The lowest BCUT2D eigenvalue weighted by Crippen LogP contribution is -2.31. The second-order valence-corrected chi connectivity index (χ2v) is 9.99. The van der Waals surface area contributed by atoms with Gasteiger partial charge in [-0.05, 0) is 85.8 Å². The number of amides is 1. The van der Waals surface area contributed by atoms with Crippen molar-refractivity contribution in [2.24, 2.45) is 0 Å². The van der Waals surface area contributed by atoms with Gasteiger partial charge in [-0.3, -0.25) is 9.10 Å². The number of sulfonamides is 1. The number of thioether (sulfide) groups is 1. The van der Waals surface area contributed by atoms with Gasteiger partial charge in [0, 0.05) is 23.5 Å². The van der Waals surface area contributed by atoms with Crippen LogP contribution in [-0.4, -0.2) is 40.8 Å². The molecule has 0 spiro atoms. The monoisotopic (exact) mass is 484 g/mol. The molecule has 0 saturated carbocycles. The Kier molecular flexibility index (Phi) is 8.41. The van der Waals surface area contributed by atoms with E-state index in [0.717, 1.165) is 16.2 Å². The third-order valence-electron chi connectivity index (χ3n) is 5.21. The molecule has 3 aromatic carbocycles. The lowest BCUT2D eigenvalue weighted by Gasteiger charge is -2.23. The Hall–Kier alpha value is -2.97. The molecule has 33 heavy (non-hydrogen) atoms. The molecule has 0 bridgehead atoms. The van der Waals surface area contributed by atoms with E-state index in [2.05, 4.69) is 5.32 Å². The maximum absolute atomic E-state index is 13.1. The fourth-order valence-electron chi connectivity index (χ4n) is 3.36. The molecule has 0 saturated heterocycles. The number of hydrogen-bond acceptors (Lipinski definition) is 5. The normalized spacial score (nSPS) is 11.1. The van der Waals surface area contributed by atoms with Crippen LogP contribution in [0, 0.1) is 0 Å². The molecule has 0 aromatic heterocycles. The van der Waals surface area contributed by atoms with Gasteiger partial charge in [0.1, 0.15) is 5.75 Å². The van der Waals surface area contributed by atoms with Gasteiger partial charge in [0.2, 0.25) is 0 Å². The first-order valence-corrected chi connectivity index (χ1v) is 13.2. The van der Waals surface area contributed by atoms with Crippen LogP contribution in [0.15, 0.2) is 82.6 Å². The minimum atomic E-state index is -3.70. The summed E-state index contributed by atoms with van der Waals surface area (Å²) in [7, 11) is -2.07. The van der Waals surface area contributed by atoms with Gasteiger partial charge in [0.05, 0.1) is 17.7 Å². The number of carbonyl (C=O) groups excluding carboxylic acids is 1. The van der Waals surface area contributed by atoms with Crippen LogP contribution in [0.25, 0.3) is 0 Å². The zero-order chi connectivity index (χ0) is 23.8. The fourth-order valence-corrected chi connectivity index (χ4v) is 5.24. The first kappa shape index (κ1) is 24.7. The molecule has 0 unspecified atom stereocenters. The van der Waals surface area contributed by atoms with Gasteiger partial charge in [-0.2, -0.15) is 0 Å². The lowest BCUT2D eigenvalue weighted by atomic mass is 10.1. The molecule has 3 rings (SSSR count). The van der Waals surface area contributed by atoms with Crippen LogP contribution < -0.4 is 14.4 Å². The zero-order valence-electron chi connectivity index (χ0n) is 18.9. The summed E-state index contributed by atoms with van der Waals surface area (Å²) < 4.78 is 32.7. The lowest BCUT2D eigenvalue weighted by molar-refractivity contribution is 0.0954. The number of anilines is 1. The summed E-state index contributed by atoms with van der Waals surface area (Å²) in [6.45, 7) is 2.56. The van der Waals surface area contributed by atoms with E-state index in [4.69, 9.17) is 4.74 Å². The van der Waals surface area contributed by atoms with E-state index in [1.165, 1.54) is 4.31 Å². The molecular formula is C25H28N2O4S2. The molecule has 1 N–H and O–H groups in total. The maximum Gasteiger partial charge on any atom is 0.264 e. The molecule has 0 aliphatic carbocycles. The van der Waals surface area contributed by atoms with E-state index >= 15 is 0 Å². The van der Waals surface area contributed by atoms with Gasteiger partial charge in [0.25, 0.3) is 15.9 Å². The summed E-state index contributed by atoms with van der Waals surface area (Å²) in [6, 6.07) is 21.2. The third-order valence-corrected chi connectivity index (χ3v) is 7.87. The van der Waals surface area contributed by atoms with Crippen LogP contribution in [0.3, 0.4) is 0 Å². The molecule has 0 aliphatic heterocycles. The van der Waals surface area contributed by atoms with E-state index < -0.39 is 10.0 Å². The largest absolute Gasteiger partial charge is 0.497 e. The molecule has 1 amide bonds. The van der Waals surface area contributed by atoms with Crippen LogP contribution in [0.1, 0.15) is 22.8 Å². The van der Waals surface area contributed by atoms with Crippen LogP contribution in [0.4, 0.5) is 5.69 Å². The minimum Gasteiger partial charge on any atom is -0.497 e. The van der Waals surface area contributed by atoms with E-state index in [0.29, 0.717) is 24.2 Å². The van der Waals surface area contributed by atoms with Crippen LogP contribution >= 0.6 is 11.8 Å². The predicted molar refractivity (Wildman–Crippen MR) is 134 cm³/mol. The summed E-state index contributed by atoms with van der Waals surface area (Å²) in [5.41, 5.74) is 2.09. The van der Waals surface area contributed by atoms with Crippen molar-refractivity contribution in [1.82, 2.24) is 5.32 Å². The Morgan fingerprint density at radius 2 is 1.61 bits per heavy atom. The first-order chi connectivity index (χ1) is 15.9. The number of benzene rings is 3. The van der Waals surface area contributed by atoms with Gasteiger partial charge in [0.15, 0.2) is 0 Å². The van der Waals surface area contributed by atoms with Crippen molar-refractivity contribution in [1.29, 1.82) is 0 Å². The molecule has 3 aromatic rings. The highest BCUT2D eigenvalue weighted by Gasteiger charge is 2.23. The van der Waals surface area contributed by atoms with E-state index in [1.807, 2.05) is 30.5 Å². The summed E-state index contributed by atoms with van der Waals surface area (Å²) in [6.07, 6.45) is 2.64. The Morgan fingerprint density at radius 1 is 0.970 bits per heavy atom. The number of methoxy groups -OCH3 is 1. The third kappa shape index (κ3) is 6.09. The van der Waals surface area contributed by atoms with Gasteiger partial charge >= 0.3 is 0 Å². The molecule has 174 valence electrons. The molecule has 0 radical (unpaired) electrons. The summed E-state index contributed by atoms with van der Waals surface area (Å²) in [5, 5.41) is 2.90. The average Bonchev–Trinajstić information content (AvgIpc) is 2.85. The quantitative estimate of drug-likeness (QED) is 0.426. The smallest absolute Gasteiger partial charge is 0.264 e. The second-order valence-electron chi connectivity index (χ2n) is 7.25. The van der Waals surface area contributed by atoms with Crippen molar-refractivity contribution in [2.45, 2.75) is 23.1 Å². The Balaban J connectivity index is 1.64. The number of carbonyl (C=O) groups is 1. The SMILES string of the molecule is CCN(c1ccc(C(=O)NCCc2ccc(OC)cc2)cc1)S(=O)(=O)c1ccc(SC)cc1. The number of nitrogens with zero attached hydrogens (tertiary/aromatic N) is 1.